The van der Waals surface area contributed by atoms with Crippen molar-refractivity contribution in [2.45, 2.75) is 0 Å². The minimum atomic E-state index is -4.69. The van der Waals surface area contributed by atoms with Crippen molar-refractivity contribution in [3.8, 4) is 0 Å². The van der Waals surface area contributed by atoms with Gasteiger partial charge in [0.05, 0.1) is 0 Å². The fourth-order valence-corrected chi connectivity index (χ4v) is 0.856. The molecule has 0 atom stereocenters. The van der Waals surface area contributed by atoms with Crippen LogP contribution >= 0.6 is 16.4 Å². The van der Waals surface area contributed by atoms with E-state index in [9.17, 15) is 4.57 Å². The molecule has 0 saturated heterocycles. The van der Waals surface area contributed by atoms with Crippen LogP contribution in [0.15, 0.2) is 0 Å². The summed E-state index contributed by atoms with van der Waals surface area (Å²) in [6.07, 6.45) is 0. The van der Waals surface area contributed by atoms with E-state index in [1.807, 2.05) is 0 Å². The molecule has 0 amide bonds. The molecule has 0 aliphatic rings. The first-order chi connectivity index (χ1) is 3.42. The van der Waals surface area contributed by atoms with Crippen molar-refractivity contribution in [1.82, 2.24) is 0 Å². The summed E-state index contributed by atoms with van der Waals surface area (Å²) in [4.78, 5) is 31.1. The Kier molecular flexibility index (Phi) is 14.8. The Morgan fingerprint density at radius 1 is 1.20 bits per heavy atom. The van der Waals surface area contributed by atoms with Gasteiger partial charge in [0.15, 0.2) is 0 Å². The van der Waals surface area contributed by atoms with Crippen LogP contribution in [0.2, 0.25) is 0 Å². The summed E-state index contributed by atoms with van der Waals surface area (Å²) in [7, 11) is -7.64. The van der Waals surface area contributed by atoms with Gasteiger partial charge in [-0.3, -0.25) is 0 Å². The Morgan fingerprint density at radius 3 is 1.50 bits per heavy atom. The molecule has 54 valence electrons. The van der Waals surface area contributed by atoms with Crippen LogP contribution in [0, 0.1) is 0 Å². The zero-order valence-electron chi connectivity index (χ0n) is 3.50. The van der Waals surface area contributed by atoms with Gasteiger partial charge >= 0.3 is 75.5 Å². The summed E-state index contributed by atoms with van der Waals surface area (Å²) < 4.78 is 12.9. The first kappa shape index (κ1) is 18.3. The van der Waals surface area contributed by atoms with E-state index in [0.29, 0.717) is 0 Å². The van der Waals surface area contributed by atoms with Gasteiger partial charge in [-0.25, -0.2) is 8.88 Å². The summed E-state index contributed by atoms with van der Waals surface area (Å²) >= 11 is 0. The molecular formula is H6Na2O6P2. The van der Waals surface area contributed by atoms with Crippen molar-refractivity contribution in [3.05, 3.63) is 0 Å². The summed E-state index contributed by atoms with van der Waals surface area (Å²) in [6.45, 7) is 0. The second-order valence-electron chi connectivity index (χ2n) is 0.825. The van der Waals surface area contributed by atoms with Crippen LogP contribution in [0.25, 0.3) is 0 Å². The van der Waals surface area contributed by atoms with Gasteiger partial charge in [0, 0.05) is 0 Å². The standard InChI is InChI=1S/2Na.H4O6P2.2H/c;;1-7(2)6-8(3,4)5;;/h;;1-2H,(H2,3,4,5);;. The predicted molar refractivity (Wildman–Crippen MR) is 38.8 cm³/mol. The predicted octanol–water partition coefficient (Wildman–Crippen LogP) is -1.99. The molecule has 0 aliphatic heterocycles. The van der Waals surface area contributed by atoms with E-state index < -0.39 is 16.4 Å². The summed E-state index contributed by atoms with van der Waals surface area (Å²) in [5.41, 5.74) is 0. The van der Waals surface area contributed by atoms with Gasteiger partial charge in [-0.1, -0.05) is 0 Å². The molecule has 0 rings (SSSR count). The van der Waals surface area contributed by atoms with Crippen molar-refractivity contribution in [2.75, 3.05) is 0 Å². The molecule has 0 saturated carbocycles. The maximum absolute atomic E-state index is 9.61. The van der Waals surface area contributed by atoms with Crippen LogP contribution in [0.3, 0.4) is 0 Å². The van der Waals surface area contributed by atoms with E-state index in [1.165, 1.54) is 0 Å². The SMILES string of the molecule is O=P(O)(O)OP(O)O.[NaH].[NaH]. The van der Waals surface area contributed by atoms with Crippen molar-refractivity contribution < 1.29 is 28.4 Å². The average molecular weight is 210 g/mol. The zero-order valence-corrected chi connectivity index (χ0v) is 5.29. The van der Waals surface area contributed by atoms with Crippen LogP contribution < -0.4 is 0 Å². The topological polar surface area (TPSA) is 107 Å². The van der Waals surface area contributed by atoms with Gasteiger partial charge in [-0.05, 0) is 0 Å². The van der Waals surface area contributed by atoms with Gasteiger partial charge in [0.25, 0.3) is 0 Å². The fourth-order valence-electron chi connectivity index (χ4n) is 0.0951. The Bertz CT molecular complexity index is 106. The molecule has 10 heteroatoms. The molecule has 0 radical (unpaired) electrons. The van der Waals surface area contributed by atoms with Gasteiger partial charge < -0.3 is 19.6 Å². The average Bonchev–Trinajstić information content (AvgIpc) is 1.21. The minimum absolute atomic E-state index is 0. The second-order valence-corrected chi connectivity index (χ2v) is 2.96. The third-order valence-corrected chi connectivity index (χ3v) is 1.61. The molecule has 0 fully saturated rings. The molecule has 0 aromatic rings. The molecule has 4 N–H and O–H groups in total. The third-order valence-electron chi connectivity index (χ3n) is 0.179. The Labute approximate surface area is 103 Å². The molecule has 0 bridgehead atoms. The zero-order chi connectivity index (χ0) is 6.78. The molecular weight excluding hydrogens is 204 g/mol. The number of hydrogen-bond donors (Lipinski definition) is 4. The molecule has 0 aromatic carbocycles. The first-order valence-corrected chi connectivity index (χ1v) is 4.04. The van der Waals surface area contributed by atoms with E-state index in [4.69, 9.17) is 19.6 Å². The number of hydrogen-bond acceptors (Lipinski definition) is 4. The van der Waals surface area contributed by atoms with E-state index >= 15 is 0 Å². The molecule has 6 nitrogen and oxygen atoms in total. The van der Waals surface area contributed by atoms with Crippen molar-refractivity contribution >= 4 is 75.5 Å². The third kappa shape index (κ3) is 16.8. The fraction of sp³-hybridized carbons (Fsp3) is 0. The van der Waals surface area contributed by atoms with Gasteiger partial charge in [-0.2, -0.15) is 0 Å². The van der Waals surface area contributed by atoms with Gasteiger partial charge in [-0.15, -0.1) is 0 Å². The first-order valence-electron chi connectivity index (χ1n) is 1.35. The van der Waals surface area contributed by atoms with Crippen LogP contribution in [-0.4, -0.2) is 78.7 Å². The Morgan fingerprint density at radius 2 is 1.50 bits per heavy atom. The quantitative estimate of drug-likeness (QED) is 0.310. The number of rotatable bonds is 2. The maximum atomic E-state index is 9.61. The Balaban J connectivity index is -0.000000245. The second kappa shape index (κ2) is 8.08. The van der Waals surface area contributed by atoms with Gasteiger partial charge in [0.2, 0.25) is 0 Å². The van der Waals surface area contributed by atoms with Crippen LogP contribution in [0.1, 0.15) is 0 Å². The molecule has 0 unspecified atom stereocenters. The Hall–Kier alpha value is 2.46. The van der Waals surface area contributed by atoms with Crippen molar-refractivity contribution in [2.24, 2.45) is 0 Å². The van der Waals surface area contributed by atoms with E-state index in [-0.39, 0.29) is 59.1 Å². The van der Waals surface area contributed by atoms with Crippen LogP contribution in [0.5, 0.6) is 0 Å². The van der Waals surface area contributed by atoms with E-state index in [1.54, 1.807) is 0 Å². The summed E-state index contributed by atoms with van der Waals surface area (Å²) in [5, 5.41) is 0. The normalized spacial score (nSPS) is 10.1. The van der Waals surface area contributed by atoms with E-state index in [2.05, 4.69) is 4.31 Å². The van der Waals surface area contributed by atoms with Crippen molar-refractivity contribution in [3.63, 3.8) is 0 Å². The summed E-state index contributed by atoms with van der Waals surface area (Å²) in [5.74, 6) is 0. The molecule has 10 heavy (non-hydrogen) atoms. The molecule has 0 heterocycles. The molecule has 0 spiro atoms. The summed E-state index contributed by atoms with van der Waals surface area (Å²) in [6, 6.07) is 0. The monoisotopic (exact) mass is 210 g/mol. The molecule has 0 aromatic heterocycles. The van der Waals surface area contributed by atoms with Crippen LogP contribution in [0.4, 0.5) is 0 Å². The van der Waals surface area contributed by atoms with E-state index in [0.717, 1.165) is 0 Å². The van der Waals surface area contributed by atoms with Crippen molar-refractivity contribution in [1.29, 1.82) is 0 Å². The molecule has 0 aliphatic carbocycles. The van der Waals surface area contributed by atoms with Gasteiger partial charge in [0.1, 0.15) is 0 Å². The number of phosphoric acid groups is 1. The van der Waals surface area contributed by atoms with Crippen LogP contribution in [-0.2, 0) is 8.88 Å².